The summed E-state index contributed by atoms with van der Waals surface area (Å²) in [6.45, 7) is 2.93. The first-order valence-corrected chi connectivity index (χ1v) is 9.49. The molecular weight excluding hydrogens is 370 g/mol. The number of hydrogen-bond acceptors (Lipinski definition) is 4. The average molecular weight is 388 g/mol. The van der Waals surface area contributed by atoms with Gasteiger partial charge >= 0.3 is 0 Å². The van der Waals surface area contributed by atoms with Crippen LogP contribution in [0.3, 0.4) is 0 Å². The van der Waals surface area contributed by atoms with E-state index in [2.05, 4.69) is 0 Å². The lowest BCUT2D eigenvalue weighted by Crippen LogP contribution is -2.27. The normalized spacial score (nSPS) is 15.8. The van der Waals surface area contributed by atoms with E-state index in [-0.39, 0.29) is 17.7 Å². The van der Waals surface area contributed by atoms with Gasteiger partial charge in [0.15, 0.2) is 0 Å². The number of amides is 2. The van der Waals surface area contributed by atoms with Gasteiger partial charge in [0, 0.05) is 5.02 Å². The third-order valence-electron chi connectivity index (χ3n) is 3.75. The molecule has 0 aromatic heterocycles. The van der Waals surface area contributed by atoms with E-state index < -0.39 is 0 Å². The molecule has 1 aliphatic heterocycles. The minimum absolute atomic E-state index is 0.215. The highest BCUT2D eigenvalue weighted by molar-refractivity contribution is 8.18. The van der Waals surface area contributed by atoms with Gasteiger partial charge in [0.1, 0.15) is 5.75 Å². The first-order valence-electron chi connectivity index (χ1n) is 8.29. The first-order chi connectivity index (χ1) is 12.6. The van der Waals surface area contributed by atoms with E-state index >= 15 is 0 Å². The molecule has 0 bridgehead atoms. The van der Waals surface area contributed by atoms with Crippen LogP contribution in [0.25, 0.3) is 6.08 Å². The van der Waals surface area contributed by atoms with E-state index in [1.165, 1.54) is 4.90 Å². The predicted octanol–water partition coefficient (Wildman–Crippen LogP) is 5.37. The molecule has 0 spiro atoms. The number of rotatable bonds is 6. The highest BCUT2D eigenvalue weighted by Crippen LogP contribution is 2.33. The van der Waals surface area contributed by atoms with Crippen molar-refractivity contribution in [1.29, 1.82) is 0 Å². The van der Waals surface area contributed by atoms with Crippen molar-refractivity contribution in [1.82, 2.24) is 4.90 Å². The standard InChI is InChI=1S/C20H18ClNO3S/c1-2-10-25-17-8-6-14(7-9-17)12-18-19(23)22(20(24)26-18)13-15-4-3-5-16(21)11-15/h3-9,11-12H,2,10,13H2,1H3/b18-12-. The largest absolute Gasteiger partial charge is 0.494 e. The van der Waals surface area contributed by atoms with Gasteiger partial charge in [-0.05, 0) is 59.7 Å². The number of carbonyl (C=O) groups is 2. The Balaban J connectivity index is 1.72. The van der Waals surface area contributed by atoms with Gasteiger partial charge < -0.3 is 4.74 Å². The molecule has 2 amide bonds. The number of imide groups is 1. The summed E-state index contributed by atoms with van der Waals surface area (Å²) in [7, 11) is 0. The van der Waals surface area contributed by atoms with Crippen LogP contribution in [0.1, 0.15) is 24.5 Å². The van der Waals surface area contributed by atoms with Crippen LogP contribution >= 0.6 is 23.4 Å². The van der Waals surface area contributed by atoms with E-state index in [0.29, 0.717) is 16.5 Å². The van der Waals surface area contributed by atoms with Crippen LogP contribution < -0.4 is 4.74 Å². The molecule has 2 aromatic carbocycles. The molecule has 0 aliphatic carbocycles. The summed E-state index contributed by atoms with van der Waals surface area (Å²) < 4.78 is 5.55. The summed E-state index contributed by atoms with van der Waals surface area (Å²) in [5.41, 5.74) is 1.67. The van der Waals surface area contributed by atoms with Gasteiger partial charge in [0.25, 0.3) is 11.1 Å². The van der Waals surface area contributed by atoms with Gasteiger partial charge in [-0.2, -0.15) is 0 Å². The molecule has 0 atom stereocenters. The van der Waals surface area contributed by atoms with E-state index in [4.69, 9.17) is 16.3 Å². The first kappa shape index (κ1) is 18.5. The minimum atomic E-state index is -0.286. The van der Waals surface area contributed by atoms with Crippen molar-refractivity contribution in [3.63, 3.8) is 0 Å². The molecule has 0 radical (unpaired) electrons. The summed E-state index contributed by atoms with van der Waals surface area (Å²) in [6, 6.07) is 14.6. The number of halogens is 1. The molecule has 2 aromatic rings. The Morgan fingerprint density at radius 3 is 2.62 bits per heavy atom. The predicted molar refractivity (Wildman–Crippen MR) is 105 cm³/mol. The topological polar surface area (TPSA) is 46.6 Å². The maximum Gasteiger partial charge on any atom is 0.293 e. The van der Waals surface area contributed by atoms with Gasteiger partial charge in [-0.25, -0.2) is 0 Å². The zero-order chi connectivity index (χ0) is 18.5. The highest BCUT2D eigenvalue weighted by atomic mass is 35.5. The van der Waals surface area contributed by atoms with Crippen LogP contribution in [0.4, 0.5) is 4.79 Å². The van der Waals surface area contributed by atoms with Crippen LogP contribution in [0.2, 0.25) is 5.02 Å². The molecule has 0 unspecified atom stereocenters. The van der Waals surface area contributed by atoms with Crippen molar-refractivity contribution in [3.05, 3.63) is 69.6 Å². The monoisotopic (exact) mass is 387 g/mol. The fraction of sp³-hybridized carbons (Fsp3) is 0.200. The zero-order valence-corrected chi connectivity index (χ0v) is 15.8. The Morgan fingerprint density at radius 1 is 1.15 bits per heavy atom. The third kappa shape index (κ3) is 4.48. The Kier molecular flexibility index (Phi) is 6.01. The van der Waals surface area contributed by atoms with Crippen molar-refractivity contribution in [3.8, 4) is 5.75 Å². The van der Waals surface area contributed by atoms with Crippen LogP contribution in [0, 0.1) is 0 Å². The van der Waals surface area contributed by atoms with Gasteiger partial charge in [0.05, 0.1) is 18.1 Å². The summed E-state index contributed by atoms with van der Waals surface area (Å²) >= 11 is 6.92. The second-order valence-electron chi connectivity index (χ2n) is 5.82. The Labute approximate surface area is 161 Å². The third-order valence-corrected chi connectivity index (χ3v) is 4.90. The molecule has 1 heterocycles. The maximum absolute atomic E-state index is 12.6. The van der Waals surface area contributed by atoms with E-state index in [0.717, 1.165) is 35.1 Å². The zero-order valence-electron chi connectivity index (χ0n) is 14.3. The van der Waals surface area contributed by atoms with Crippen LogP contribution in [-0.2, 0) is 11.3 Å². The van der Waals surface area contributed by atoms with Crippen molar-refractivity contribution in [2.75, 3.05) is 6.61 Å². The number of thioether (sulfide) groups is 1. The molecule has 0 N–H and O–H groups in total. The molecule has 4 nitrogen and oxygen atoms in total. The van der Waals surface area contributed by atoms with E-state index in [1.54, 1.807) is 24.3 Å². The lowest BCUT2D eigenvalue weighted by atomic mass is 10.2. The minimum Gasteiger partial charge on any atom is -0.494 e. The Morgan fingerprint density at radius 2 is 1.92 bits per heavy atom. The highest BCUT2D eigenvalue weighted by Gasteiger charge is 2.34. The van der Waals surface area contributed by atoms with Gasteiger partial charge in [-0.1, -0.05) is 42.8 Å². The van der Waals surface area contributed by atoms with Crippen LogP contribution in [-0.4, -0.2) is 22.7 Å². The summed E-state index contributed by atoms with van der Waals surface area (Å²) in [5, 5.41) is 0.305. The van der Waals surface area contributed by atoms with Crippen LogP contribution in [0.5, 0.6) is 5.75 Å². The molecule has 1 saturated heterocycles. The van der Waals surface area contributed by atoms with Crippen molar-refractivity contribution in [2.45, 2.75) is 19.9 Å². The summed E-state index contributed by atoms with van der Waals surface area (Å²) in [6.07, 6.45) is 2.67. The Hall–Kier alpha value is -2.24. The van der Waals surface area contributed by atoms with Crippen molar-refractivity contribution < 1.29 is 14.3 Å². The number of benzene rings is 2. The van der Waals surface area contributed by atoms with E-state index in [9.17, 15) is 9.59 Å². The maximum atomic E-state index is 12.6. The lowest BCUT2D eigenvalue weighted by molar-refractivity contribution is -0.123. The molecular formula is C20H18ClNO3S. The van der Waals surface area contributed by atoms with Crippen molar-refractivity contribution in [2.24, 2.45) is 0 Å². The lowest BCUT2D eigenvalue weighted by Gasteiger charge is -2.12. The molecule has 26 heavy (non-hydrogen) atoms. The fourth-order valence-corrected chi connectivity index (χ4v) is 3.54. The SMILES string of the molecule is CCCOc1ccc(/C=C2\SC(=O)N(Cc3cccc(Cl)c3)C2=O)cc1. The number of carbonyl (C=O) groups excluding carboxylic acids is 2. The number of ether oxygens (including phenoxy) is 1. The fourth-order valence-electron chi connectivity index (χ4n) is 2.49. The second-order valence-corrected chi connectivity index (χ2v) is 7.24. The molecule has 1 aliphatic rings. The van der Waals surface area contributed by atoms with Crippen LogP contribution in [0.15, 0.2) is 53.4 Å². The number of hydrogen-bond donors (Lipinski definition) is 0. The summed E-state index contributed by atoms with van der Waals surface area (Å²) in [4.78, 5) is 26.5. The van der Waals surface area contributed by atoms with E-state index in [1.807, 2.05) is 37.3 Å². The second kappa shape index (κ2) is 8.43. The average Bonchev–Trinajstić information content (AvgIpc) is 2.89. The molecule has 6 heteroatoms. The molecule has 0 saturated carbocycles. The summed E-state index contributed by atoms with van der Waals surface area (Å²) in [5.74, 6) is 0.504. The van der Waals surface area contributed by atoms with Gasteiger partial charge in [-0.3, -0.25) is 14.5 Å². The molecule has 1 fully saturated rings. The van der Waals surface area contributed by atoms with Gasteiger partial charge in [-0.15, -0.1) is 0 Å². The molecule has 3 rings (SSSR count). The number of nitrogens with zero attached hydrogens (tertiary/aromatic N) is 1. The van der Waals surface area contributed by atoms with Crippen molar-refractivity contribution >= 4 is 40.6 Å². The molecule has 134 valence electrons. The smallest absolute Gasteiger partial charge is 0.293 e. The Bertz CT molecular complexity index is 848. The quantitative estimate of drug-likeness (QED) is 0.625. The van der Waals surface area contributed by atoms with Gasteiger partial charge in [0.2, 0.25) is 0 Å².